The highest BCUT2D eigenvalue weighted by atomic mass is 79.9. The molecular formula is C10H11BrN4O. The third-order valence-electron chi connectivity index (χ3n) is 2.72. The molecule has 0 aromatic carbocycles. The maximum absolute atomic E-state index is 5.20. The van der Waals surface area contributed by atoms with Crippen molar-refractivity contribution in [3.8, 4) is 0 Å². The zero-order valence-corrected chi connectivity index (χ0v) is 10.2. The van der Waals surface area contributed by atoms with E-state index in [-0.39, 0.29) is 0 Å². The molecule has 3 rings (SSSR count). The minimum atomic E-state index is 0.473. The van der Waals surface area contributed by atoms with Crippen molar-refractivity contribution in [1.82, 2.24) is 19.7 Å². The van der Waals surface area contributed by atoms with E-state index in [0.717, 1.165) is 30.0 Å². The molecule has 0 radical (unpaired) electrons. The molecule has 1 saturated heterocycles. The molecule has 1 aliphatic heterocycles. The second-order valence-corrected chi connectivity index (χ2v) is 4.83. The summed E-state index contributed by atoms with van der Waals surface area (Å²) in [6.07, 6.45) is 7.11. The summed E-state index contributed by atoms with van der Waals surface area (Å²) in [6.45, 7) is 2.78. The fraction of sp³-hybridized carbons (Fsp3) is 0.400. The molecule has 0 N–H and O–H groups in total. The van der Waals surface area contributed by atoms with Gasteiger partial charge < -0.3 is 4.42 Å². The molecule has 16 heavy (non-hydrogen) atoms. The lowest BCUT2D eigenvalue weighted by Crippen LogP contribution is -2.47. The van der Waals surface area contributed by atoms with E-state index in [9.17, 15) is 0 Å². The number of rotatable bonds is 3. The molecule has 6 heteroatoms. The van der Waals surface area contributed by atoms with Crippen molar-refractivity contribution in [2.45, 2.75) is 12.6 Å². The maximum atomic E-state index is 5.20. The molecular weight excluding hydrogens is 272 g/mol. The van der Waals surface area contributed by atoms with Gasteiger partial charge in [-0.05, 0) is 15.9 Å². The second kappa shape index (κ2) is 4.03. The first-order valence-corrected chi connectivity index (χ1v) is 5.91. The van der Waals surface area contributed by atoms with Crippen molar-refractivity contribution in [3.63, 3.8) is 0 Å². The summed E-state index contributed by atoms with van der Waals surface area (Å²) in [6, 6.07) is 0.473. The Bertz CT molecular complexity index is 461. The summed E-state index contributed by atoms with van der Waals surface area (Å²) >= 11 is 3.40. The predicted octanol–water partition coefficient (Wildman–Crippen LogP) is 1.69. The Kier molecular flexibility index (Phi) is 2.53. The second-order valence-electron chi connectivity index (χ2n) is 3.91. The van der Waals surface area contributed by atoms with Crippen molar-refractivity contribution in [3.05, 3.63) is 35.2 Å². The molecule has 2 aromatic heterocycles. The van der Waals surface area contributed by atoms with Crippen molar-refractivity contribution >= 4 is 15.9 Å². The first kappa shape index (κ1) is 10.0. The standard InChI is InChI=1S/C10H11BrN4O/c11-8-3-13-15(4-8)9-5-14(6-9)7-10-12-1-2-16-10/h1-4,9H,5-7H2. The topological polar surface area (TPSA) is 47.1 Å². The molecule has 5 nitrogen and oxygen atoms in total. The normalized spacial score (nSPS) is 17.6. The van der Waals surface area contributed by atoms with Gasteiger partial charge in [-0.2, -0.15) is 5.10 Å². The maximum Gasteiger partial charge on any atom is 0.208 e. The highest BCUT2D eigenvalue weighted by Gasteiger charge is 2.29. The zero-order chi connectivity index (χ0) is 11.0. The van der Waals surface area contributed by atoms with Gasteiger partial charge in [-0.15, -0.1) is 0 Å². The summed E-state index contributed by atoms with van der Waals surface area (Å²) in [5.74, 6) is 0.778. The van der Waals surface area contributed by atoms with E-state index in [2.05, 4.69) is 30.9 Å². The van der Waals surface area contributed by atoms with E-state index >= 15 is 0 Å². The average Bonchev–Trinajstić information content (AvgIpc) is 2.82. The smallest absolute Gasteiger partial charge is 0.208 e. The van der Waals surface area contributed by atoms with E-state index in [0.29, 0.717) is 6.04 Å². The van der Waals surface area contributed by atoms with Crippen LogP contribution in [0.2, 0.25) is 0 Å². The van der Waals surface area contributed by atoms with Crippen LogP contribution in [0.1, 0.15) is 11.9 Å². The van der Waals surface area contributed by atoms with Crippen LogP contribution in [0.5, 0.6) is 0 Å². The zero-order valence-electron chi connectivity index (χ0n) is 8.58. The average molecular weight is 283 g/mol. The Hall–Kier alpha value is -1.14. The van der Waals surface area contributed by atoms with Gasteiger partial charge in [-0.3, -0.25) is 9.58 Å². The lowest BCUT2D eigenvalue weighted by Gasteiger charge is -2.38. The molecule has 0 atom stereocenters. The van der Waals surface area contributed by atoms with E-state index in [1.54, 1.807) is 12.5 Å². The number of halogens is 1. The van der Waals surface area contributed by atoms with Gasteiger partial charge in [0.05, 0.1) is 29.5 Å². The third kappa shape index (κ3) is 1.90. The van der Waals surface area contributed by atoms with Crippen LogP contribution in [-0.2, 0) is 6.54 Å². The molecule has 0 saturated carbocycles. The number of hydrogen-bond acceptors (Lipinski definition) is 4. The minimum Gasteiger partial charge on any atom is -0.448 e. The van der Waals surface area contributed by atoms with E-state index in [1.807, 2.05) is 17.1 Å². The number of nitrogens with zero attached hydrogens (tertiary/aromatic N) is 4. The third-order valence-corrected chi connectivity index (χ3v) is 3.13. The largest absolute Gasteiger partial charge is 0.448 e. The molecule has 2 aromatic rings. The lowest BCUT2D eigenvalue weighted by atomic mass is 10.1. The summed E-state index contributed by atoms with van der Waals surface area (Å²) in [4.78, 5) is 6.39. The van der Waals surface area contributed by atoms with Crippen LogP contribution in [0, 0.1) is 0 Å². The molecule has 3 heterocycles. The summed E-state index contributed by atoms with van der Waals surface area (Å²) < 4.78 is 8.22. The Balaban J connectivity index is 1.55. The number of hydrogen-bond donors (Lipinski definition) is 0. The quantitative estimate of drug-likeness (QED) is 0.860. The van der Waals surface area contributed by atoms with E-state index in [1.165, 1.54) is 0 Å². The van der Waals surface area contributed by atoms with Gasteiger partial charge in [0.15, 0.2) is 0 Å². The van der Waals surface area contributed by atoms with Crippen LogP contribution in [-0.4, -0.2) is 32.8 Å². The van der Waals surface area contributed by atoms with Crippen LogP contribution >= 0.6 is 15.9 Å². The molecule has 0 amide bonds. The van der Waals surface area contributed by atoms with Crippen molar-refractivity contribution in [2.24, 2.45) is 0 Å². The molecule has 0 spiro atoms. The molecule has 1 fully saturated rings. The SMILES string of the molecule is Brc1cnn(C2CN(Cc3ncco3)C2)c1. The van der Waals surface area contributed by atoms with E-state index < -0.39 is 0 Å². The van der Waals surface area contributed by atoms with Gasteiger partial charge in [0.1, 0.15) is 6.26 Å². The Morgan fingerprint density at radius 3 is 3.00 bits per heavy atom. The van der Waals surface area contributed by atoms with E-state index in [4.69, 9.17) is 4.42 Å². The molecule has 0 unspecified atom stereocenters. The Morgan fingerprint density at radius 1 is 1.50 bits per heavy atom. The number of aromatic nitrogens is 3. The predicted molar refractivity (Wildman–Crippen MR) is 60.7 cm³/mol. The van der Waals surface area contributed by atoms with Gasteiger partial charge in [0.25, 0.3) is 0 Å². The highest BCUT2D eigenvalue weighted by Crippen LogP contribution is 2.23. The first-order valence-electron chi connectivity index (χ1n) is 5.11. The molecule has 84 valence electrons. The van der Waals surface area contributed by atoms with Crippen molar-refractivity contribution < 1.29 is 4.42 Å². The molecule has 0 bridgehead atoms. The Labute approximate surface area is 101 Å². The molecule has 1 aliphatic rings. The summed E-state index contributed by atoms with van der Waals surface area (Å²) in [5, 5.41) is 4.27. The van der Waals surface area contributed by atoms with Gasteiger partial charge in [0.2, 0.25) is 5.89 Å². The van der Waals surface area contributed by atoms with Crippen molar-refractivity contribution in [2.75, 3.05) is 13.1 Å². The van der Waals surface area contributed by atoms with Crippen LogP contribution in [0.15, 0.2) is 33.7 Å². The summed E-state index contributed by atoms with van der Waals surface area (Å²) in [7, 11) is 0. The van der Waals surface area contributed by atoms with Gasteiger partial charge in [0, 0.05) is 19.3 Å². The first-order chi connectivity index (χ1) is 7.81. The van der Waals surface area contributed by atoms with Crippen LogP contribution in [0.3, 0.4) is 0 Å². The van der Waals surface area contributed by atoms with Gasteiger partial charge in [-0.1, -0.05) is 0 Å². The van der Waals surface area contributed by atoms with Crippen LogP contribution in [0.25, 0.3) is 0 Å². The number of oxazole rings is 1. The van der Waals surface area contributed by atoms with Crippen LogP contribution < -0.4 is 0 Å². The fourth-order valence-corrected chi connectivity index (χ4v) is 2.18. The van der Waals surface area contributed by atoms with Crippen LogP contribution in [0.4, 0.5) is 0 Å². The lowest BCUT2D eigenvalue weighted by molar-refractivity contribution is 0.0815. The monoisotopic (exact) mass is 282 g/mol. The Morgan fingerprint density at radius 2 is 2.38 bits per heavy atom. The fourth-order valence-electron chi connectivity index (χ4n) is 1.88. The van der Waals surface area contributed by atoms with Gasteiger partial charge >= 0.3 is 0 Å². The van der Waals surface area contributed by atoms with Crippen molar-refractivity contribution in [1.29, 1.82) is 0 Å². The van der Waals surface area contributed by atoms with Gasteiger partial charge in [-0.25, -0.2) is 4.98 Å². The highest BCUT2D eigenvalue weighted by molar-refractivity contribution is 9.10. The summed E-state index contributed by atoms with van der Waals surface area (Å²) in [5.41, 5.74) is 0. The number of likely N-dealkylation sites (tertiary alicyclic amines) is 1. The molecule has 0 aliphatic carbocycles. The minimum absolute atomic E-state index is 0.473.